The number of amides is 1. The van der Waals surface area contributed by atoms with E-state index in [9.17, 15) is 13.2 Å². The Bertz CT molecular complexity index is 877. The predicted molar refractivity (Wildman–Crippen MR) is 108 cm³/mol. The van der Waals surface area contributed by atoms with Crippen molar-refractivity contribution in [3.8, 4) is 5.75 Å². The van der Waals surface area contributed by atoms with Gasteiger partial charge in [0.05, 0.1) is 19.4 Å². The van der Waals surface area contributed by atoms with Crippen molar-refractivity contribution in [1.29, 1.82) is 0 Å². The van der Waals surface area contributed by atoms with E-state index in [0.717, 1.165) is 24.0 Å². The van der Waals surface area contributed by atoms with Crippen LogP contribution in [0.25, 0.3) is 0 Å². The molecule has 2 rings (SSSR count). The number of rotatable bonds is 8. The maximum atomic E-state index is 12.7. The number of carbonyl (C=O) groups excluding carboxylic acids is 1. The van der Waals surface area contributed by atoms with Gasteiger partial charge in [0.25, 0.3) is 5.91 Å². The molecule has 0 bridgehead atoms. The van der Waals surface area contributed by atoms with Gasteiger partial charge >= 0.3 is 0 Å². The third kappa shape index (κ3) is 6.60. The topological polar surface area (TPSA) is 84.5 Å². The molecule has 7 heteroatoms. The maximum absolute atomic E-state index is 12.7. The Balaban J connectivity index is 2.21. The molecule has 0 unspecified atom stereocenters. The van der Waals surface area contributed by atoms with Gasteiger partial charge in [0.1, 0.15) is 5.75 Å². The number of sulfonamides is 1. The average molecular weight is 391 g/mol. The van der Waals surface area contributed by atoms with Gasteiger partial charge in [0.15, 0.2) is 0 Å². The van der Waals surface area contributed by atoms with E-state index in [1.54, 1.807) is 25.3 Å². The van der Waals surface area contributed by atoms with E-state index < -0.39 is 10.0 Å². The predicted octanol–water partition coefficient (Wildman–Crippen LogP) is 3.58. The van der Waals surface area contributed by atoms with Crippen molar-refractivity contribution in [2.75, 3.05) is 18.1 Å². The molecule has 2 aromatic carbocycles. The Kier molecular flexibility index (Phi) is 6.85. The van der Waals surface area contributed by atoms with Crippen LogP contribution >= 0.6 is 0 Å². The highest BCUT2D eigenvalue weighted by Crippen LogP contribution is 2.24. The van der Waals surface area contributed by atoms with Gasteiger partial charge in [-0.3, -0.25) is 9.52 Å². The van der Waals surface area contributed by atoms with Gasteiger partial charge in [0, 0.05) is 11.3 Å². The summed E-state index contributed by atoms with van der Waals surface area (Å²) in [5.41, 5.74) is 1.74. The molecule has 0 radical (unpaired) electrons. The first-order valence-corrected chi connectivity index (χ1v) is 10.6. The van der Waals surface area contributed by atoms with E-state index in [-0.39, 0.29) is 11.9 Å². The van der Waals surface area contributed by atoms with Crippen LogP contribution in [0, 0.1) is 5.92 Å². The van der Waals surface area contributed by atoms with Gasteiger partial charge in [-0.2, -0.15) is 0 Å². The number of hydrogen-bond donors (Lipinski definition) is 2. The molecule has 0 aliphatic heterocycles. The van der Waals surface area contributed by atoms with Gasteiger partial charge in [-0.15, -0.1) is 0 Å². The summed E-state index contributed by atoms with van der Waals surface area (Å²) in [6.07, 6.45) is 1.85. The standard InChI is InChI=1S/C20H26N2O4S/c1-14(2)12-19(15-8-10-18(26-3)11-9-15)21-20(23)16-6-5-7-17(13-16)22-27(4,24)25/h5-11,13-14,19,22H,12H2,1-4H3,(H,21,23)/t19-/m0/s1. The molecule has 0 saturated carbocycles. The first-order chi connectivity index (χ1) is 12.7. The second kappa shape index (κ2) is 8.90. The van der Waals surface area contributed by atoms with Crippen molar-refractivity contribution < 1.29 is 17.9 Å². The van der Waals surface area contributed by atoms with Gasteiger partial charge < -0.3 is 10.1 Å². The Morgan fingerprint density at radius 1 is 1.11 bits per heavy atom. The van der Waals surface area contributed by atoms with Crippen LogP contribution in [0.1, 0.15) is 42.2 Å². The lowest BCUT2D eigenvalue weighted by Gasteiger charge is -2.21. The molecule has 146 valence electrons. The van der Waals surface area contributed by atoms with E-state index in [1.165, 1.54) is 6.07 Å². The van der Waals surface area contributed by atoms with Crippen molar-refractivity contribution in [2.24, 2.45) is 5.92 Å². The van der Waals surface area contributed by atoms with E-state index in [1.807, 2.05) is 24.3 Å². The molecule has 0 aliphatic carbocycles. The summed E-state index contributed by atoms with van der Waals surface area (Å²) >= 11 is 0. The van der Waals surface area contributed by atoms with Crippen LogP contribution in [0.3, 0.4) is 0 Å². The number of ether oxygens (including phenoxy) is 1. The Hall–Kier alpha value is -2.54. The summed E-state index contributed by atoms with van der Waals surface area (Å²) in [6.45, 7) is 4.19. The average Bonchev–Trinajstić information content (AvgIpc) is 2.59. The summed E-state index contributed by atoms with van der Waals surface area (Å²) < 4.78 is 30.4. The zero-order valence-electron chi connectivity index (χ0n) is 16.0. The third-order valence-electron chi connectivity index (χ3n) is 3.96. The normalized spacial score (nSPS) is 12.5. The summed E-state index contributed by atoms with van der Waals surface area (Å²) in [5, 5.41) is 3.05. The van der Waals surface area contributed by atoms with Crippen molar-refractivity contribution in [1.82, 2.24) is 5.32 Å². The summed E-state index contributed by atoms with van der Waals surface area (Å²) in [5.74, 6) is 0.886. The van der Waals surface area contributed by atoms with Gasteiger partial charge in [0.2, 0.25) is 10.0 Å². The molecule has 1 amide bonds. The second-order valence-corrected chi connectivity index (χ2v) is 8.63. The summed E-state index contributed by atoms with van der Waals surface area (Å²) in [6, 6.07) is 13.9. The molecule has 1 atom stereocenters. The summed E-state index contributed by atoms with van der Waals surface area (Å²) in [4.78, 5) is 12.7. The molecule has 2 N–H and O–H groups in total. The molecule has 0 heterocycles. The monoisotopic (exact) mass is 390 g/mol. The SMILES string of the molecule is COc1ccc([C@H](CC(C)C)NC(=O)c2cccc(NS(C)(=O)=O)c2)cc1. The quantitative estimate of drug-likeness (QED) is 0.721. The fraction of sp³-hybridized carbons (Fsp3) is 0.350. The largest absolute Gasteiger partial charge is 0.497 e. The zero-order chi connectivity index (χ0) is 20.0. The van der Waals surface area contributed by atoms with E-state index >= 15 is 0 Å². The van der Waals surface area contributed by atoms with Crippen LogP contribution in [0.4, 0.5) is 5.69 Å². The van der Waals surface area contributed by atoms with Gasteiger partial charge in [-0.1, -0.05) is 32.0 Å². The van der Waals surface area contributed by atoms with Crippen LogP contribution in [0.5, 0.6) is 5.75 Å². The van der Waals surface area contributed by atoms with Crippen molar-refractivity contribution >= 4 is 21.6 Å². The van der Waals surface area contributed by atoms with E-state index in [4.69, 9.17) is 4.74 Å². The number of carbonyl (C=O) groups is 1. The third-order valence-corrected chi connectivity index (χ3v) is 4.57. The van der Waals surface area contributed by atoms with E-state index in [2.05, 4.69) is 23.9 Å². The first-order valence-electron chi connectivity index (χ1n) is 8.70. The van der Waals surface area contributed by atoms with Crippen LogP contribution < -0.4 is 14.8 Å². The Labute approximate surface area is 161 Å². The Morgan fingerprint density at radius 2 is 1.78 bits per heavy atom. The lowest BCUT2D eigenvalue weighted by Crippen LogP contribution is -2.29. The molecule has 0 aromatic heterocycles. The minimum absolute atomic E-state index is 0.157. The summed E-state index contributed by atoms with van der Waals surface area (Å²) in [7, 11) is -1.79. The smallest absolute Gasteiger partial charge is 0.251 e. The minimum atomic E-state index is -3.40. The maximum Gasteiger partial charge on any atom is 0.251 e. The molecule has 0 spiro atoms. The van der Waals surface area contributed by atoms with Gasteiger partial charge in [-0.05, 0) is 48.2 Å². The number of nitrogens with one attached hydrogen (secondary N) is 2. The van der Waals surface area contributed by atoms with Crippen molar-refractivity contribution in [3.63, 3.8) is 0 Å². The fourth-order valence-electron chi connectivity index (χ4n) is 2.77. The number of benzene rings is 2. The molecular formula is C20H26N2O4S. The van der Waals surface area contributed by atoms with Gasteiger partial charge in [-0.25, -0.2) is 8.42 Å². The van der Waals surface area contributed by atoms with E-state index in [0.29, 0.717) is 17.2 Å². The van der Waals surface area contributed by atoms with Crippen molar-refractivity contribution in [3.05, 3.63) is 59.7 Å². The highest BCUT2D eigenvalue weighted by atomic mass is 32.2. The molecule has 0 saturated heterocycles. The van der Waals surface area contributed by atoms with Crippen LogP contribution in [-0.4, -0.2) is 27.7 Å². The first kappa shape index (κ1) is 20.8. The van der Waals surface area contributed by atoms with Crippen LogP contribution in [0.2, 0.25) is 0 Å². The lowest BCUT2D eigenvalue weighted by atomic mass is 9.96. The lowest BCUT2D eigenvalue weighted by molar-refractivity contribution is 0.0932. The Morgan fingerprint density at radius 3 is 2.33 bits per heavy atom. The highest BCUT2D eigenvalue weighted by Gasteiger charge is 2.18. The molecule has 27 heavy (non-hydrogen) atoms. The minimum Gasteiger partial charge on any atom is -0.497 e. The fourth-order valence-corrected chi connectivity index (χ4v) is 3.32. The second-order valence-electron chi connectivity index (χ2n) is 6.88. The van der Waals surface area contributed by atoms with Crippen molar-refractivity contribution in [2.45, 2.75) is 26.3 Å². The highest BCUT2D eigenvalue weighted by molar-refractivity contribution is 7.92. The number of methoxy groups -OCH3 is 1. The molecule has 6 nitrogen and oxygen atoms in total. The zero-order valence-corrected chi connectivity index (χ0v) is 16.8. The molecule has 2 aromatic rings. The molecule has 0 aliphatic rings. The molecule has 0 fully saturated rings. The molecular weight excluding hydrogens is 364 g/mol. The number of hydrogen-bond acceptors (Lipinski definition) is 4. The van der Waals surface area contributed by atoms with Crippen LogP contribution in [-0.2, 0) is 10.0 Å². The number of anilines is 1. The van der Waals surface area contributed by atoms with Crippen LogP contribution in [0.15, 0.2) is 48.5 Å².